The summed E-state index contributed by atoms with van der Waals surface area (Å²) in [5.74, 6) is 1.05. The van der Waals surface area contributed by atoms with Gasteiger partial charge in [0.15, 0.2) is 0 Å². The molecule has 0 aliphatic heterocycles. The van der Waals surface area contributed by atoms with Gasteiger partial charge in [-0.3, -0.25) is 0 Å². The molecule has 8 nitrogen and oxygen atoms in total. The monoisotopic (exact) mass is 761 g/mol. The van der Waals surface area contributed by atoms with Gasteiger partial charge in [0.05, 0.1) is 63.1 Å². The van der Waals surface area contributed by atoms with Gasteiger partial charge in [0.2, 0.25) is 0 Å². The fraction of sp³-hybridized carbons (Fsp3) is 0.417. The smallest absolute Gasteiger partial charge is 0.112 e. The Kier molecular flexibility index (Phi) is 16.6. The molecule has 4 aromatic heterocycles. The fourth-order valence-electron chi connectivity index (χ4n) is 5.77. The van der Waals surface area contributed by atoms with Gasteiger partial charge in [0.25, 0.3) is 0 Å². The summed E-state index contributed by atoms with van der Waals surface area (Å²) < 4.78 is 2.20. The molecule has 8 rings (SSSR count). The molecule has 0 aliphatic rings. The van der Waals surface area contributed by atoms with Crippen LogP contribution in [-0.2, 0) is 21.8 Å². The number of aromatic amines is 3. The van der Waals surface area contributed by atoms with Gasteiger partial charge in [-0.2, -0.15) is 0 Å². The van der Waals surface area contributed by atoms with Crippen molar-refractivity contribution in [2.24, 2.45) is 0 Å². The zero-order valence-electron chi connectivity index (χ0n) is 33.1. The predicted octanol–water partition coefficient (Wildman–Crippen LogP) is 13.9. The summed E-state index contributed by atoms with van der Waals surface area (Å²) in [6, 6.07) is 29.0. The molecule has 0 saturated carbocycles. The Morgan fingerprint density at radius 2 is 1.09 bits per heavy atom. The van der Waals surface area contributed by atoms with E-state index in [0.717, 1.165) is 44.4 Å². The van der Waals surface area contributed by atoms with E-state index >= 15 is 0 Å². The number of para-hydroxylation sites is 5. The van der Waals surface area contributed by atoms with Crippen LogP contribution in [0.4, 0.5) is 0 Å². The number of hydrogen-bond donors (Lipinski definition) is 3. The molecule has 0 fully saturated rings. The average molecular weight is 761 g/mol. The summed E-state index contributed by atoms with van der Waals surface area (Å²) in [6.45, 7) is 26.3. The van der Waals surface area contributed by atoms with Crippen molar-refractivity contribution < 1.29 is 0 Å². The number of rotatable bonds is 0. The van der Waals surface area contributed by atoms with Crippen molar-refractivity contribution in [3.8, 4) is 0 Å². The topological polar surface area (TPSA) is 104 Å². The molecule has 0 bridgehead atoms. The third-order valence-electron chi connectivity index (χ3n) is 8.82. The van der Waals surface area contributed by atoms with Gasteiger partial charge in [-0.05, 0) is 85.2 Å². The lowest BCUT2D eigenvalue weighted by atomic mass is 9.86. The molecule has 8 heteroatoms. The molecule has 3 N–H and O–H groups in total. The predicted molar refractivity (Wildman–Crippen MR) is 246 cm³/mol. The van der Waals surface area contributed by atoms with Crippen LogP contribution in [0.1, 0.15) is 130 Å². The van der Waals surface area contributed by atoms with Gasteiger partial charge < -0.3 is 19.5 Å². The minimum Gasteiger partial charge on any atom is -0.345 e. The highest BCUT2D eigenvalue weighted by Gasteiger charge is 2.19. The van der Waals surface area contributed by atoms with Gasteiger partial charge >= 0.3 is 0 Å². The maximum absolute atomic E-state index is 4.53. The molecular weight excluding hydrogens is 689 g/mol. The lowest BCUT2D eigenvalue weighted by Crippen LogP contribution is -2.20. The molecule has 0 aliphatic carbocycles. The standard InChI is InChI=1S/4C11H14N2.4CH4/c1-11(2,3)8-4-5-9-10(6-8)13-7-12-9;1-11(2,3)8-5-4-6-9-10(8)13-7-12-9;1-11(2,3)13-8-12-9-6-4-5-7-10(9)13;1-11(2,3)10-12-8-6-4-5-7-9(8)13-10;;;;/h2*4-7H,1-3H3,(H,12,13);4-8H,1-3H3;4-7H,1-3H3,(H,12,13);4*1H4. The number of nitrogens with zero attached hydrogens (tertiary/aromatic N) is 5. The van der Waals surface area contributed by atoms with Crippen LogP contribution in [0.5, 0.6) is 0 Å². The highest BCUT2D eigenvalue weighted by Crippen LogP contribution is 2.28. The summed E-state index contributed by atoms with van der Waals surface area (Å²) in [4.78, 5) is 27.0. The third-order valence-corrected chi connectivity index (χ3v) is 8.82. The van der Waals surface area contributed by atoms with Crippen LogP contribution < -0.4 is 0 Å². The van der Waals surface area contributed by atoms with Crippen molar-refractivity contribution in [3.05, 3.63) is 121 Å². The molecular formula is C48H72N8. The molecule has 4 aromatic carbocycles. The molecule has 0 unspecified atom stereocenters. The van der Waals surface area contributed by atoms with E-state index < -0.39 is 0 Å². The van der Waals surface area contributed by atoms with E-state index in [1.807, 2.05) is 42.7 Å². The molecule has 0 spiro atoms. The number of hydrogen-bond acceptors (Lipinski definition) is 4. The van der Waals surface area contributed by atoms with Gasteiger partial charge in [-0.15, -0.1) is 0 Å². The van der Waals surface area contributed by atoms with Gasteiger partial charge in [0.1, 0.15) is 5.82 Å². The summed E-state index contributed by atoms with van der Waals surface area (Å²) in [7, 11) is 0. The first-order valence-electron chi connectivity index (χ1n) is 18.1. The Balaban J connectivity index is 0.000000365. The van der Waals surface area contributed by atoms with E-state index in [-0.39, 0.29) is 51.5 Å². The minimum atomic E-state index is 0. The van der Waals surface area contributed by atoms with Gasteiger partial charge in [-0.1, -0.05) is 134 Å². The minimum absolute atomic E-state index is 0. The van der Waals surface area contributed by atoms with Crippen molar-refractivity contribution in [2.75, 3.05) is 0 Å². The van der Waals surface area contributed by atoms with Crippen molar-refractivity contribution in [1.82, 2.24) is 39.5 Å². The number of H-pyrrole nitrogens is 3. The van der Waals surface area contributed by atoms with E-state index in [0.29, 0.717) is 0 Å². The van der Waals surface area contributed by atoms with Crippen LogP contribution >= 0.6 is 0 Å². The molecule has 0 atom stereocenters. The summed E-state index contributed by atoms with van der Waals surface area (Å²) in [5.41, 5.74) is 12.0. The number of fused-ring (bicyclic) bond motifs is 4. The first-order chi connectivity index (χ1) is 24.3. The largest absolute Gasteiger partial charge is 0.345 e. The van der Waals surface area contributed by atoms with E-state index in [1.54, 1.807) is 12.7 Å². The van der Waals surface area contributed by atoms with Crippen molar-refractivity contribution >= 4 is 44.1 Å². The Hall–Kier alpha value is -5.24. The second-order valence-corrected chi connectivity index (χ2v) is 17.4. The summed E-state index contributed by atoms with van der Waals surface area (Å²) in [6.07, 6.45) is 5.39. The zero-order chi connectivity index (χ0) is 37.9. The van der Waals surface area contributed by atoms with Crippen LogP contribution in [0.2, 0.25) is 0 Å². The SMILES string of the molecule is C.C.C.C.CC(C)(C)c1ccc2nc[nH]c2c1.CC(C)(C)c1cccc2[nH]cnc12.CC(C)(C)c1nc2ccccc2[nH]1.CC(C)(C)n1cnc2ccccc21. The Morgan fingerprint density at radius 1 is 0.500 bits per heavy atom. The lowest BCUT2D eigenvalue weighted by molar-refractivity contribution is 0.408. The second-order valence-electron chi connectivity index (χ2n) is 17.4. The average Bonchev–Trinajstić information content (AvgIpc) is 3.89. The first-order valence-corrected chi connectivity index (χ1v) is 18.1. The fourth-order valence-corrected chi connectivity index (χ4v) is 5.77. The van der Waals surface area contributed by atoms with Gasteiger partial charge in [0, 0.05) is 11.0 Å². The van der Waals surface area contributed by atoms with E-state index in [4.69, 9.17) is 0 Å². The maximum atomic E-state index is 4.53. The van der Waals surface area contributed by atoms with Gasteiger partial charge in [-0.25, -0.2) is 19.9 Å². The number of imidazole rings is 4. The molecule has 56 heavy (non-hydrogen) atoms. The molecule has 0 radical (unpaired) electrons. The van der Waals surface area contributed by atoms with E-state index in [1.165, 1.54) is 16.6 Å². The second kappa shape index (κ2) is 19.1. The summed E-state index contributed by atoms with van der Waals surface area (Å²) in [5, 5.41) is 0. The molecule has 0 saturated heterocycles. The summed E-state index contributed by atoms with van der Waals surface area (Å²) >= 11 is 0. The number of nitrogens with one attached hydrogen (secondary N) is 3. The molecule has 4 heterocycles. The Labute approximate surface area is 338 Å². The highest BCUT2D eigenvalue weighted by molar-refractivity contribution is 5.79. The van der Waals surface area contributed by atoms with E-state index in [9.17, 15) is 0 Å². The number of benzene rings is 4. The van der Waals surface area contributed by atoms with Crippen LogP contribution in [0.3, 0.4) is 0 Å². The quantitative estimate of drug-likeness (QED) is 0.143. The normalized spacial score (nSPS) is 11.4. The Morgan fingerprint density at radius 3 is 1.70 bits per heavy atom. The molecule has 0 amide bonds. The van der Waals surface area contributed by atoms with Crippen molar-refractivity contribution in [3.63, 3.8) is 0 Å². The molecule has 8 aromatic rings. The van der Waals surface area contributed by atoms with Crippen LogP contribution in [-0.4, -0.2) is 39.5 Å². The lowest BCUT2D eigenvalue weighted by Gasteiger charge is -2.21. The maximum Gasteiger partial charge on any atom is 0.112 e. The van der Waals surface area contributed by atoms with Crippen LogP contribution in [0, 0.1) is 0 Å². The van der Waals surface area contributed by atoms with Crippen LogP contribution in [0.15, 0.2) is 104 Å². The zero-order valence-corrected chi connectivity index (χ0v) is 33.1. The number of aromatic nitrogens is 8. The molecule has 304 valence electrons. The van der Waals surface area contributed by atoms with E-state index in [2.05, 4.69) is 171 Å². The Bertz CT molecular complexity index is 2300. The first kappa shape index (κ1) is 48.8. The van der Waals surface area contributed by atoms with Crippen molar-refractivity contribution in [1.29, 1.82) is 0 Å². The highest BCUT2D eigenvalue weighted by atomic mass is 15.1. The third kappa shape index (κ3) is 11.9. The van der Waals surface area contributed by atoms with Crippen molar-refractivity contribution in [2.45, 2.75) is 135 Å². The van der Waals surface area contributed by atoms with Crippen LogP contribution in [0.25, 0.3) is 44.1 Å².